The predicted molar refractivity (Wildman–Crippen MR) is 93.6 cm³/mol. The number of carbonyl (C=O) groups is 2. The van der Waals surface area contributed by atoms with Gasteiger partial charge in [-0.1, -0.05) is 12.1 Å². The van der Waals surface area contributed by atoms with Crippen LogP contribution < -0.4 is 10.1 Å². The smallest absolute Gasteiger partial charge is 0.308 e. The molecule has 0 bridgehead atoms. The molecule has 3 atom stereocenters. The predicted octanol–water partition coefficient (Wildman–Crippen LogP) is 2.26. The number of carboxylic acids is 1. The lowest BCUT2D eigenvalue weighted by atomic mass is 9.94. The van der Waals surface area contributed by atoms with E-state index in [0.29, 0.717) is 32.5 Å². The van der Waals surface area contributed by atoms with Crippen molar-refractivity contribution < 1.29 is 24.2 Å². The van der Waals surface area contributed by atoms with E-state index in [2.05, 4.69) is 5.32 Å². The Morgan fingerprint density at radius 3 is 2.68 bits per heavy atom. The fourth-order valence-electron chi connectivity index (χ4n) is 3.02. The third kappa shape index (κ3) is 6.05. The van der Waals surface area contributed by atoms with Crippen molar-refractivity contribution in [2.24, 2.45) is 11.8 Å². The van der Waals surface area contributed by atoms with Gasteiger partial charge in [0.1, 0.15) is 5.75 Å². The molecule has 25 heavy (non-hydrogen) atoms. The normalized spacial score (nSPS) is 21.4. The number of benzene rings is 1. The molecule has 1 aromatic carbocycles. The number of ether oxygens (including phenoxy) is 2. The van der Waals surface area contributed by atoms with Crippen LogP contribution in [0.2, 0.25) is 0 Å². The van der Waals surface area contributed by atoms with Gasteiger partial charge in [-0.3, -0.25) is 9.59 Å². The quantitative estimate of drug-likeness (QED) is 0.752. The first-order valence-electron chi connectivity index (χ1n) is 8.83. The van der Waals surface area contributed by atoms with Gasteiger partial charge in [0.05, 0.1) is 18.6 Å². The average Bonchev–Trinajstić information content (AvgIpc) is 2.59. The van der Waals surface area contributed by atoms with Gasteiger partial charge >= 0.3 is 5.97 Å². The topological polar surface area (TPSA) is 84.9 Å². The van der Waals surface area contributed by atoms with E-state index in [9.17, 15) is 14.7 Å². The SMILES string of the molecule is CCOc1ccc(CC(CNC(=O)C2CCOC(C)C2)C(=O)O)cc1. The van der Waals surface area contributed by atoms with Gasteiger partial charge in [0.15, 0.2) is 0 Å². The third-order valence-corrected chi connectivity index (χ3v) is 4.44. The van der Waals surface area contributed by atoms with Crippen LogP contribution in [0.1, 0.15) is 32.3 Å². The van der Waals surface area contributed by atoms with E-state index >= 15 is 0 Å². The second-order valence-corrected chi connectivity index (χ2v) is 6.46. The zero-order valence-electron chi connectivity index (χ0n) is 14.9. The molecule has 138 valence electrons. The van der Waals surface area contributed by atoms with Gasteiger partial charge in [0.25, 0.3) is 0 Å². The summed E-state index contributed by atoms with van der Waals surface area (Å²) in [5.74, 6) is -0.967. The Morgan fingerprint density at radius 1 is 1.36 bits per heavy atom. The van der Waals surface area contributed by atoms with E-state index in [-0.39, 0.29) is 24.5 Å². The average molecular weight is 349 g/mol. The summed E-state index contributed by atoms with van der Waals surface area (Å²) in [5, 5.41) is 12.2. The summed E-state index contributed by atoms with van der Waals surface area (Å²) < 4.78 is 10.8. The number of aliphatic carboxylic acids is 1. The Morgan fingerprint density at radius 2 is 2.08 bits per heavy atom. The molecule has 6 nitrogen and oxygen atoms in total. The highest BCUT2D eigenvalue weighted by atomic mass is 16.5. The number of nitrogens with one attached hydrogen (secondary N) is 1. The second kappa shape index (κ2) is 9.42. The number of hydrogen-bond donors (Lipinski definition) is 2. The van der Waals surface area contributed by atoms with Crippen molar-refractivity contribution >= 4 is 11.9 Å². The van der Waals surface area contributed by atoms with Gasteiger partial charge in [-0.2, -0.15) is 0 Å². The highest BCUT2D eigenvalue weighted by Crippen LogP contribution is 2.20. The van der Waals surface area contributed by atoms with Gasteiger partial charge in [-0.05, 0) is 50.8 Å². The lowest BCUT2D eigenvalue weighted by Gasteiger charge is -2.26. The minimum absolute atomic E-state index is 0.0728. The standard InChI is InChI=1S/C19H27NO5/c1-3-24-17-6-4-14(5-7-17)11-16(19(22)23)12-20-18(21)15-8-9-25-13(2)10-15/h4-7,13,15-16H,3,8-12H2,1-2H3,(H,20,21)(H,22,23). The van der Waals surface area contributed by atoms with Crippen LogP contribution in [0.15, 0.2) is 24.3 Å². The van der Waals surface area contributed by atoms with E-state index in [1.54, 1.807) is 0 Å². The van der Waals surface area contributed by atoms with Gasteiger partial charge in [0.2, 0.25) is 5.91 Å². The lowest BCUT2D eigenvalue weighted by Crippen LogP contribution is -2.40. The molecule has 3 unspecified atom stereocenters. The molecular weight excluding hydrogens is 322 g/mol. The van der Waals surface area contributed by atoms with Crippen molar-refractivity contribution in [1.82, 2.24) is 5.32 Å². The summed E-state index contributed by atoms with van der Waals surface area (Å²) >= 11 is 0. The van der Waals surface area contributed by atoms with E-state index in [1.165, 1.54) is 0 Å². The van der Waals surface area contributed by atoms with Crippen molar-refractivity contribution in [3.63, 3.8) is 0 Å². The van der Waals surface area contributed by atoms with E-state index in [1.807, 2.05) is 38.1 Å². The van der Waals surface area contributed by atoms with Gasteiger partial charge < -0.3 is 19.9 Å². The van der Waals surface area contributed by atoms with Crippen LogP contribution >= 0.6 is 0 Å². The Hall–Kier alpha value is -2.08. The number of hydrogen-bond acceptors (Lipinski definition) is 4. The molecule has 2 N–H and O–H groups in total. The van der Waals surface area contributed by atoms with Crippen molar-refractivity contribution in [1.29, 1.82) is 0 Å². The lowest BCUT2D eigenvalue weighted by molar-refractivity contribution is -0.141. The molecule has 1 amide bonds. The fraction of sp³-hybridized carbons (Fsp3) is 0.579. The highest BCUT2D eigenvalue weighted by molar-refractivity contribution is 5.79. The van der Waals surface area contributed by atoms with Crippen LogP contribution in [-0.4, -0.2) is 42.8 Å². The molecule has 1 aromatic rings. The highest BCUT2D eigenvalue weighted by Gasteiger charge is 2.27. The number of carboxylic acid groups (broad SMARTS) is 1. The molecule has 0 aromatic heterocycles. The van der Waals surface area contributed by atoms with E-state index in [4.69, 9.17) is 9.47 Å². The maximum atomic E-state index is 12.3. The van der Waals surface area contributed by atoms with Gasteiger partial charge in [-0.25, -0.2) is 0 Å². The summed E-state index contributed by atoms with van der Waals surface area (Å²) in [6.45, 7) is 5.16. The second-order valence-electron chi connectivity index (χ2n) is 6.46. The first-order valence-corrected chi connectivity index (χ1v) is 8.83. The molecule has 1 aliphatic heterocycles. The van der Waals surface area contributed by atoms with Crippen LogP contribution in [-0.2, 0) is 20.7 Å². The maximum Gasteiger partial charge on any atom is 0.308 e. The molecule has 1 fully saturated rings. The molecule has 1 saturated heterocycles. The Bertz CT molecular complexity index is 572. The minimum Gasteiger partial charge on any atom is -0.494 e. The first-order chi connectivity index (χ1) is 12.0. The fourth-order valence-corrected chi connectivity index (χ4v) is 3.02. The summed E-state index contributed by atoms with van der Waals surface area (Å²) in [6.07, 6.45) is 1.81. The van der Waals surface area contributed by atoms with Crippen LogP contribution in [0.25, 0.3) is 0 Å². The monoisotopic (exact) mass is 349 g/mol. The number of rotatable bonds is 8. The molecule has 1 heterocycles. The van der Waals surface area contributed by atoms with Crippen molar-refractivity contribution in [3.8, 4) is 5.75 Å². The third-order valence-electron chi connectivity index (χ3n) is 4.44. The van der Waals surface area contributed by atoms with Crippen LogP contribution in [0, 0.1) is 11.8 Å². The molecule has 0 spiro atoms. The summed E-state index contributed by atoms with van der Waals surface area (Å²) in [6, 6.07) is 7.39. The van der Waals surface area contributed by atoms with Gasteiger partial charge in [-0.15, -0.1) is 0 Å². The Kier molecular flexibility index (Phi) is 7.25. The molecule has 0 aliphatic carbocycles. The Labute approximate surface area is 148 Å². The van der Waals surface area contributed by atoms with Crippen LogP contribution in [0.3, 0.4) is 0 Å². The van der Waals surface area contributed by atoms with Crippen molar-refractivity contribution in [2.45, 2.75) is 39.2 Å². The minimum atomic E-state index is -0.908. The molecular formula is C19H27NO5. The largest absolute Gasteiger partial charge is 0.494 e. The molecule has 2 rings (SSSR count). The summed E-state index contributed by atoms with van der Waals surface area (Å²) in [7, 11) is 0. The van der Waals surface area contributed by atoms with E-state index in [0.717, 1.165) is 11.3 Å². The number of carbonyl (C=O) groups excluding carboxylic acids is 1. The molecule has 0 saturated carbocycles. The molecule has 0 radical (unpaired) electrons. The van der Waals surface area contributed by atoms with E-state index < -0.39 is 11.9 Å². The number of amides is 1. The maximum absolute atomic E-state index is 12.3. The summed E-state index contributed by atoms with van der Waals surface area (Å²) in [4.78, 5) is 23.8. The zero-order chi connectivity index (χ0) is 18.2. The van der Waals surface area contributed by atoms with Crippen molar-refractivity contribution in [3.05, 3.63) is 29.8 Å². The summed E-state index contributed by atoms with van der Waals surface area (Å²) in [5.41, 5.74) is 0.907. The van der Waals surface area contributed by atoms with Crippen LogP contribution in [0.5, 0.6) is 5.75 Å². The first kappa shape index (κ1) is 19.2. The van der Waals surface area contributed by atoms with Gasteiger partial charge in [0, 0.05) is 19.1 Å². The van der Waals surface area contributed by atoms with Crippen LogP contribution in [0.4, 0.5) is 0 Å². The molecule has 1 aliphatic rings. The van der Waals surface area contributed by atoms with Crippen molar-refractivity contribution in [2.75, 3.05) is 19.8 Å². The molecule has 6 heteroatoms. The zero-order valence-corrected chi connectivity index (χ0v) is 14.9. The Balaban J connectivity index is 1.87.